The number of esters is 1. The predicted octanol–water partition coefficient (Wildman–Crippen LogP) is 2.22. The van der Waals surface area contributed by atoms with Crippen molar-refractivity contribution in [2.45, 2.75) is 0 Å². The van der Waals surface area contributed by atoms with Gasteiger partial charge < -0.3 is 9.84 Å². The van der Waals surface area contributed by atoms with Crippen LogP contribution in [0, 0.1) is 0 Å². The molecule has 0 bridgehead atoms. The Morgan fingerprint density at radius 2 is 2.12 bits per heavy atom. The molecule has 0 fully saturated rings. The Labute approximate surface area is 97.1 Å². The number of carboxylic acids is 1. The maximum Gasteiger partial charge on any atom is 0.336 e. The Morgan fingerprint density at radius 1 is 1.44 bits per heavy atom. The fraction of sp³-hybridized carbons (Fsp3) is 0.0909. The molecule has 0 saturated carbocycles. The molecule has 5 heteroatoms. The lowest BCUT2D eigenvalue weighted by atomic mass is 10.1. The molecule has 0 unspecified atom stereocenters. The summed E-state index contributed by atoms with van der Waals surface area (Å²) in [5.74, 6) is -1.64. The van der Waals surface area contributed by atoms with Gasteiger partial charge in [0.25, 0.3) is 0 Å². The van der Waals surface area contributed by atoms with E-state index in [0.29, 0.717) is 10.6 Å². The van der Waals surface area contributed by atoms with Crippen molar-refractivity contribution < 1.29 is 19.4 Å². The molecule has 0 saturated heterocycles. The first-order valence-electron chi connectivity index (χ1n) is 4.33. The van der Waals surface area contributed by atoms with Gasteiger partial charge in [0.2, 0.25) is 0 Å². The number of hydrogen-bond donors (Lipinski definition) is 1. The molecule has 1 rings (SSSR count). The fourth-order valence-corrected chi connectivity index (χ4v) is 1.27. The van der Waals surface area contributed by atoms with Crippen LogP contribution in [0.5, 0.6) is 0 Å². The van der Waals surface area contributed by atoms with Gasteiger partial charge in [-0.3, -0.25) is 0 Å². The van der Waals surface area contributed by atoms with Crippen molar-refractivity contribution in [2.75, 3.05) is 7.11 Å². The van der Waals surface area contributed by atoms with Crippen LogP contribution < -0.4 is 0 Å². The van der Waals surface area contributed by atoms with E-state index < -0.39 is 11.9 Å². The van der Waals surface area contributed by atoms with E-state index in [0.717, 1.165) is 6.08 Å². The average molecular weight is 241 g/mol. The molecule has 0 aliphatic heterocycles. The highest BCUT2D eigenvalue weighted by Gasteiger charge is 2.08. The number of carboxylic acid groups (broad SMARTS) is 1. The minimum atomic E-state index is -1.08. The van der Waals surface area contributed by atoms with Crippen molar-refractivity contribution in [1.82, 2.24) is 0 Å². The van der Waals surface area contributed by atoms with Gasteiger partial charge in [0.15, 0.2) is 0 Å². The van der Waals surface area contributed by atoms with Crippen molar-refractivity contribution >= 4 is 29.6 Å². The SMILES string of the molecule is COC(=O)/C=C/c1cc(Cl)ccc1C(=O)O. The van der Waals surface area contributed by atoms with Crippen LogP contribution in [0.15, 0.2) is 24.3 Å². The third kappa shape index (κ3) is 3.10. The number of carbonyl (C=O) groups is 2. The first kappa shape index (κ1) is 12.3. The van der Waals surface area contributed by atoms with Crippen molar-refractivity contribution in [3.05, 3.63) is 40.4 Å². The van der Waals surface area contributed by atoms with Gasteiger partial charge in [0.05, 0.1) is 12.7 Å². The minimum absolute atomic E-state index is 0.0737. The highest BCUT2D eigenvalue weighted by atomic mass is 35.5. The number of benzene rings is 1. The molecule has 4 nitrogen and oxygen atoms in total. The molecular weight excluding hydrogens is 232 g/mol. The van der Waals surface area contributed by atoms with Crippen LogP contribution in [0.1, 0.15) is 15.9 Å². The zero-order valence-corrected chi connectivity index (χ0v) is 9.19. The summed E-state index contributed by atoms with van der Waals surface area (Å²) in [7, 11) is 1.24. The minimum Gasteiger partial charge on any atom is -0.478 e. The molecule has 0 heterocycles. The molecule has 0 aliphatic rings. The Kier molecular flexibility index (Phi) is 4.08. The largest absolute Gasteiger partial charge is 0.478 e. The molecule has 1 N–H and O–H groups in total. The van der Waals surface area contributed by atoms with Crippen LogP contribution >= 0.6 is 11.6 Å². The number of ether oxygens (including phenoxy) is 1. The monoisotopic (exact) mass is 240 g/mol. The second-order valence-corrected chi connectivity index (χ2v) is 3.33. The molecule has 0 radical (unpaired) electrons. The quantitative estimate of drug-likeness (QED) is 0.650. The van der Waals surface area contributed by atoms with Gasteiger partial charge in [-0.05, 0) is 29.8 Å². The zero-order chi connectivity index (χ0) is 12.1. The normalized spacial score (nSPS) is 10.4. The van der Waals surface area contributed by atoms with Gasteiger partial charge in [-0.25, -0.2) is 9.59 Å². The van der Waals surface area contributed by atoms with Crippen molar-refractivity contribution in [3.63, 3.8) is 0 Å². The second-order valence-electron chi connectivity index (χ2n) is 2.89. The molecule has 0 amide bonds. The third-order valence-electron chi connectivity index (χ3n) is 1.84. The molecule has 0 spiro atoms. The molecule has 1 aromatic rings. The van der Waals surface area contributed by atoms with Gasteiger partial charge in [-0.15, -0.1) is 0 Å². The first-order valence-corrected chi connectivity index (χ1v) is 4.71. The van der Waals surface area contributed by atoms with Gasteiger partial charge in [-0.1, -0.05) is 11.6 Å². The van der Waals surface area contributed by atoms with E-state index in [1.165, 1.54) is 31.4 Å². The van der Waals surface area contributed by atoms with Crippen LogP contribution in [0.3, 0.4) is 0 Å². The van der Waals surface area contributed by atoms with Gasteiger partial charge >= 0.3 is 11.9 Å². The van der Waals surface area contributed by atoms with Crippen LogP contribution in [0.4, 0.5) is 0 Å². The number of hydrogen-bond acceptors (Lipinski definition) is 3. The summed E-state index contributed by atoms with van der Waals surface area (Å²) in [5.41, 5.74) is 0.426. The van der Waals surface area contributed by atoms with E-state index in [1.54, 1.807) is 0 Å². The lowest BCUT2D eigenvalue weighted by molar-refractivity contribution is -0.134. The molecule has 0 aliphatic carbocycles. The molecule has 0 aromatic heterocycles. The molecule has 16 heavy (non-hydrogen) atoms. The molecule has 0 atom stereocenters. The zero-order valence-electron chi connectivity index (χ0n) is 8.44. The summed E-state index contributed by atoms with van der Waals surface area (Å²) in [4.78, 5) is 21.7. The second kappa shape index (κ2) is 5.32. The summed E-state index contributed by atoms with van der Waals surface area (Å²) in [6.45, 7) is 0. The topological polar surface area (TPSA) is 63.6 Å². The lowest BCUT2D eigenvalue weighted by Gasteiger charge is -2.01. The molecule has 1 aromatic carbocycles. The van der Waals surface area contributed by atoms with E-state index >= 15 is 0 Å². The standard InChI is InChI=1S/C11H9ClO4/c1-16-10(13)5-2-7-6-8(12)3-4-9(7)11(14)15/h2-6H,1H3,(H,14,15)/b5-2+. The Morgan fingerprint density at radius 3 is 2.69 bits per heavy atom. The van der Waals surface area contributed by atoms with Crippen molar-refractivity contribution in [2.24, 2.45) is 0 Å². The number of carbonyl (C=O) groups excluding carboxylic acids is 1. The van der Waals surface area contributed by atoms with Crippen LogP contribution in [0.2, 0.25) is 5.02 Å². The Balaban J connectivity index is 3.10. The van der Waals surface area contributed by atoms with E-state index in [1.807, 2.05) is 0 Å². The summed E-state index contributed by atoms with van der Waals surface area (Å²) < 4.78 is 4.40. The van der Waals surface area contributed by atoms with E-state index in [9.17, 15) is 9.59 Å². The number of halogens is 1. The van der Waals surface area contributed by atoms with Gasteiger partial charge in [-0.2, -0.15) is 0 Å². The molecular formula is C11H9ClO4. The van der Waals surface area contributed by atoms with Gasteiger partial charge in [0, 0.05) is 11.1 Å². The molecule has 84 valence electrons. The van der Waals surface area contributed by atoms with E-state index in [-0.39, 0.29) is 5.56 Å². The van der Waals surface area contributed by atoms with Crippen molar-refractivity contribution in [1.29, 1.82) is 0 Å². The Bertz CT molecular complexity index is 451. The highest BCUT2D eigenvalue weighted by Crippen LogP contribution is 2.17. The van der Waals surface area contributed by atoms with Crippen LogP contribution in [0.25, 0.3) is 6.08 Å². The van der Waals surface area contributed by atoms with E-state index in [4.69, 9.17) is 16.7 Å². The maximum atomic E-state index is 10.9. The number of aromatic carboxylic acids is 1. The summed E-state index contributed by atoms with van der Waals surface area (Å²) in [5, 5.41) is 9.28. The number of methoxy groups -OCH3 is 1. The summed E-state index contributed by atoms with van der Waals surface area (Å²) >= 11 is 5.73. The van der Waals surface area contributed by atoms with Gasteiger partial charge in [0.1, 0.15) is 0 Å². The van der Waals surface area contributed by atoms with Crippen LogP contribution in [-0.4, -0.2) is 24.2 Å². The first-order chi connectivity index (χ1) is 7.54. The smallest absolute Gasteiger partial charge is 0.336 e. The Hall–Kier alpha value is -1.81. The van der Waals surface area contributed by atoms with Crippen molar-refractivity contribution in [3.8, 4) is 0 Å². The third-order valence-corrected chi connectivity index (χ3v) is 2.08. The highest BCUT2D eigenvalue weighted by molar-refractivity contribution is 6.30. The summed E-state index contributed by atoms with van der Waals surface area (Å²) in [6.07, 6.45) is 2.49. The van der Waals surface area contributed by atoms with Crippen LogP contribution in [-0.2, 0) is 9.53 Å². The summed E-state index contributed by atoms with van der Waals surface area (Å²) in [6, 6.07) is 4.31. The predicted molar refractivity (Wildman–Crippen MR) is 59.5 cm³/mol. The lowest BCUT2D eigenvalue weighted by Crippen LogP contribution is -2.00. The number of rotatable bonds is 3. The average Bonchev–Trinajstić information content (AvgIpc) is 2.25. The maximum absolute atomic E-state index is 10.9. The van der Waals surface area contributed by atoms with E-state index in [2.05, 4.69) is 4.74 Å². The fourth-order valence-electron chi connectivity index (χ4n) is 1.09.